The first-order valence-electron chi connectivity index (χ1n) is 12.4. The zero-order valence-electron chi connectivity index (χ0n) is 21.5. The number of nitrogens with zero attached hydrogens (tertiary/aromatic N) is 5. The minimum Gasteiger partial charge on any atom is -0.493 e. The number of hydrogen-bond acceptors (Lipinski definition) is 9. The highest BCUT2D eigenvalue weighted by molar-refractivity contribution is 5.83. The number of methoxy groups -OCH3 is 2. The molecular formula is C29H29N5O4. The third-order valence-corrected chi connectivity index (χ3v) is 6.43. The molecule has 0 N–H and O–H groups in total. The van der Waals surface area contributed by atoms with Crippen LogP contribution in [0.1, 0.15) is 27.9 Å². The summed E-state index contributed by atoms with van der Waals surface area (Å²) in [6, 6.07) is 15.9. The van der Waals surface area contributed by atoms with Crippen LogP contribution in [-0.2, 0) is 29.1 Å². The first kappa shape index (κ1) is 25.4. The molecule has 1 fully saturated rings. The summed E-state index contributed by atoms with van der Waals surface area (Å²) >= 11 is 0. The van der Waals surface area contributed by atoms with Gasteiger partial charge in [0.05, 0.1) is 49.9 Å². The smallest absolute Gasteiger partial charge is 0.161 e. The molecule has 1 aliphatic heterocycles. The second-order valence-electron chi connectivity index (χ2n) is 8.95. The lowest BCUT2D eigenvalue weighted by Gasteiger charge is -2.27. The van der Waals surface area contributed by atoms with E-state index in [2.05, 4.69) is 20.9 Å². The van der Waals surface area contributed by atoms with Crippen LogP contribution in [-0.4, -0.2) is 55.5 Å². The highest BCUT2D eigenvalue weighted by Crippen LogP contribution is 2.31. The molecule has 0 saturated carbocycles. The van der Waals surface area contributed by atoms with Crippen molar-refractivity contribution in [2.24, 2.45) is 0 Å². The standard InChI is InChI=1S/C29H29N5O4/c1-35-19-23-6-3-21(16-31-23)18-38-26-8-4-20(14-27(26)36-2)13-22-5-7-25-29(24(22)15-30)33-28(17-32-25)34-9-11-37-12-10-34/h3-8,14,16-17H,9-13,18-19H2,1-2H3. The Morgan fingerprint density at radius 1 is 0.947 bits per heavy atom. The number of rotatable bonds is 9. The Bertz CT molecular complexity index is 1450. The van der Waals surface area contributed by atoms with E-state index in [9.17, 15) is 5.26 Å². The van der Waals surface area contributed by atoms with Gasteiger partial charge >= 0.3 is 0 Å². The van der Waals surface area contributed by atoms with Crippen molar-refractivity contribution in [3.05, 3.63) is 82.8 Å². The third-order valence-electron chi connectivity index (χ3n) is 6.43. The second-order valence-corrected chi connectivity index (χ2v) is 8.95. The number of aromatic nitrogens is 3. The zero-order valence-corrected chi connectivity index (χ0v) is 21.5. The van der Waals surface area contributed by atoms with E-state index in [0.29, 0.717) is 60.9 Å². The van der Waals surface area contributed by atoms with Gasteiger partial charge in [0.25, 0.3) is 0 Å². The molecule has 0 amide bonds. The van der Waals surface area contributed by atoms with Gasteiger partial charge in [0.1, 0.15) is 24.0 Å². The fourth-order valence-electron chi connectivity index (χ4n) is 4.42. The summed E-state index contributed by atoms with van der Waals surface area (Å²) in [5, 5.41) is 10.1. The largest absolute Gasteiger partial charge is 0.493 e. The van der Waals surface area contributed by atoms with Crippen LogP contribution in [0.15, 0.2) is 54.9 Å². The predicted octanol–water partition coefficient (Wildman–Crippen LogP) is 4.06. The number of benzene rings is 2. The summed E-state index contributed by atoms with van der Waals surface area (Å²) in [6.07, 6.45) is 4.09. The summed E-state index contributed by atoms with van der Waals surface area (Å²) in [6.45, 7) is 3.66. The molecule has 38 heavy (non-hydrogen) atoms. The summed E-state index contributed by atoms with van der Waals surface area (Å²) in [4.78, 5) is 15.9. The highest BCUT2D eigenvalue weighted by atomic mass is 16.5. The topological polar surface area (TPSA) is 103 Å². The summed E-state index contributed by atoms with van der Waals surface area (Å²) in [5.41, 5.74) is 5.54. The van der Waals surface area contributed by atoms with Gasteiger partial charge in [-0.15, -0.1) is 0 Å². The number of nitriles is 1. The molecule has 3 heterocycles. The molecule has 0 atom stereocenters. The van der Waals surface area contributed by atoms with E-state index in [1.807, 2.05) is 42.5 Å². The average Bonchev–Trinajstić information content (AvgIpc) is 2.97. The predicted molar refractivity (Wildman–Crippen MR) is 142 cm³/mol. The monoisotopic (exact) mass is 511 g/mol. The van der Waals surface area contributed by atoms with Gasteiger partial charge in [-0.1, -0.05) is 18.2 Å². The molecule has 4 aromatic rings. The maximum atomic E-state index is 10.1. The second kappa shape index (κ2) is 11.9. The molecule has 9 nitrogen and oxygen atoms in total. The summed E-state index contributed by atoms with van der Waals surface area (Å²) < 4.78 is 22.2. The van der Waals surface area contributed by atoms with E-state index in [-0.39, 0.29) is 0 Å². The molecule has 0 spiro atoms. The number of fused-ring (bicyclic) bond motifs is 1. The SMILES string of the molecule is COCc1ccc(COc2ccc(Cc3ccc4ncc(N5CCOCC5)nc4c3C#N)cc2OC)cn1. The molecule has 0 unspecified atom stereocenters. The maximum Gasteiger partial charge on any atom is 0.161 e. The van der Waals surface area contributed by atoms with E-state index in [1.54, 1.807) is 26.6 Å². The molecular weight excluding hydrogens is 482 g/mol. The van der Waals surface area contributed by atoms with Crippen molar-refractivity contribution in [3.8, 4) is 17.6 Å². The minimum absolute atomic E-state index is 0.364. The van der Waals surface area contributed by atoms with E-state index >= 15 is 0 Å². The number of ether oxygens (including phenoxy) is 4. The molecule has 9 heteroatoms. The van der Waals surface area contributed by atoms with E-state index < -0.39 is 0 Å². The van der Waals surface area contributed by atoms with Crippen LogP contribution >= 0.6 is 0 Å². The van der Waals surface area contributed by atoms with E-state index in [1.165, 1.54) is 0 Å². The van der Waals surface area contributed by atoms with Crippen molar-refractivity contribution < 1.29 is 18.9 Å². The van der Waals surface area contributed by atoms with Crippen molar-refractivity contribution in [2.45, 2.75) is 19.6 Å². The fourth-order valence-corrected chi connectivity index (χ4v) is 4.42. The molecule has 5 rings (SSSR count). The lowest BCUT2D eigenvalue weighted by Crippen LogP contribution is -2.36. The van der Waals surface area contributed by atoms with Crippen LogP contribution < -0.4 is 14.4 Å². The molecule has 1 aliphatic rings. The Morgan fingerprint density at radius 3 is 2.53 bits per heavy atom. The first-order chi connectivity index (χ1) is 18.7. The Morgan fingerprint density at radius 2 is 1.79 bits per heavy atom. The highest BCUT2D eigenvalue weighted by Gasteiger charge is 2.17. The Labute approximate surface area is 221 Å². The van der Waals surface area contributed by atoms with Gasteiger partial charge in [-0.3, -0.25) is 9.97 Å². The van der Waals surface area contributed by atoms with Crippen LogP contribution in [0.5, 0.6) is 11.5 Å². The van der Waals surface area contributed by atoms with Crippen LogP contribution in [0.4, 0.5) is 5.82 Å². The third kappa shape index (κ3) is 5.67. The zero-order chi connectivity index (χ0) is 26.3. The van der Waals surface area contributed by atoms with Gasteiger partial charge in [-0.2, -0.15) is 5.26 Å². The van der Waals surface area contributed by atoms with Gasteiger partial charge in [0.15, 0.2) is 11.5 Å². The quantitative estimate of drug-likeness (QED) is 0.329. The molecule has 0 aliphatic carbocycles. The molecule has 194 valence electrons. The summed E-state index contributed by atoms with van der Waals surface area (Å²) in [7, 11) is 3.26. The summed E-state index contributed by atoms with van der Waals surface area (Å²) in [5.74, 6) is 2.03. The molecule has 0 radical (unpaired) electrons. The lowest BCUT2D eigenvalue weighted by atomic mass is 9.98. The van der Waals surface area contributed by atoms with Crippen LogP contribution in [0.3, 0.4) is 0 Å². The minimum atomic E-state index is 0.364. The van der Waals surface area contributed by atoms with Crippen molar-refractivity contribution in [3.63, 3.8) is 0 Å². The van der Waals surface area contributed by atoms with E-state index in [4.69, 9.17) is 23.9 Å². The molecule has 2 aromatic heterocycles. The van der Waals surface area contributed by atoms with Crippen molar-refractivity contribution >= 4 is 16.9 Å². The van der Waals surface area contributed by atoms with E-state index in [0.717, 1.165) is 41.3 Å². The normalized spacial score (nSPS) is 13.3. The first-order valence-corrected chi connectivity index (χ1v) is 12.4. The molecule has 2 aromatic carbocycles. The van der Waals surface area contributed by atoms with Gasteiger partial charge in [-0.05, 0) is 41.8 Å². The van der Waals surface area contributed by atoms with Gasteiger partial charge in [0.2, 0.25) is 0 Å². The maximum absolute atomic E-state index is 10.1. The van der Waals surface area contributed by atoms with Gasteiger partial charge < -0.3 is 23.8 Å². The average molecular weight is 512 g/mol. The van der Waals surface area contributed by atoms with Crippen molar-refractivity contribution in [1.82, 2.24) is 15.0 Å². The fraction of sp³-hybridized carbons (Fsp3) is 0.310. The van der Waals surface area contributed by atoms with Crippen molar-refractivity contribution in [2.75, 3.05) is 45.4 Å². The molecule has 1 saturated heterocycles. The van der Waals surface area contributed by atoms with Crippen LogP contribution in [0.25, 0.3) is 11.0 Å². The van der Waals surface area contributed by atoms with Crippen molar-refractivity contribution in [1.29, 1.82) is 5.26 Å². The molecule has 0 bridgehead atoms. The number of pyridine rings is 1. The number of morpholine rings is 1. The van der Waals surface area contributed by atoms with Gasteiger partial charge in [-0.25, -0.2) is 4.98 Å². The Hall–Kier alpha value is -4.26. The number of hydrogen-bond donors (Lipinski definition) is 0. The van der Waals surface area contributed by atoms with Crippen LogP contribution in [0, 0.1) is 11.3 Å². The Balaban J connectivity index is 1.35. The van der Waals surface area contributed by atoms with Crippen LogP contribution in [0.2, 0.25) is 0 Å². The lowest BCUT2D eigenvalue weighted by molar-refractivity contribution is 0.122. The number of anilines is 1. The Kier molecular flexibility index (Phi) is 7.92. The van der Waals surface area contributed by atoms with Gasteiger partial charge in [0, 0.05) is 32.0 Å².